The number of benzene rings is 1. The summed E-state index contributed by atoms with van der Waals surface area (Å²) in [5.74, 6) is 0.657. The highest BCUT2D eigenvalue weighted by atomic mass is 127. The lowest BCUT2D eigenvalue weighted by Gasteiger charge is -2.12. The first-order valence-electron chi connectivity index (χ1n) is 7.73. The minimum atomic E-state index is -0.0355. The first-order valence-corrected chi connectivity index (χ1v) is 8.52. The Balaban J connectivity index is 0.00000529. The number of hydrogen-bond acceptors (Lipinski definition) is 3. The van der Waals surface area contributed by atoms with Crippen LogP contribution in [0.5, 0.6) is 0 Å². The number of halogens is 2. The van der Waals surface area contributed by atoms with Crippen molar-refractivity contribution >= 4 is 57.5 Å². The Morgan fingerprint density at radius 3 is 2.50 bits per heavy atom. The fraction of sp³-hybridized carbons (Fsp3) is 0.500. The maximum absolute atomic E-state index is 11.9. The molecule has 1 aromatic carbocycles. The Labute approximate surface area is 169 Å². The predicted molar refractivity (Wildman–Crippen MR) is 113 cm³/mol. The van der Waals surface area contributed by atoms with Gasteiger partial charge in [-0.2, -0.15) is 0 Å². The molecule has 0 aliphatic rings. The summed E-state index contributed by atoms with van der Waals surface area (Å²) in [6.07, 6.45) is 1.29. The van der Waals surface area contributed by atoms with Gasteiger partial charge in [0.25, 0.3) is 0 Å². The van der Waals surface area contributed by atoms with Gasteiger partial charge in [0, 0.05) is 49.9 Å². The second kappa shape index (κ2) is 14.5. The Bertz CT molecular complexity index is 497. The summed E-state index contributed by atoms with van der Waals surface area (Å²) in [6.45, 7) is 4.75. The lowest BCUT2D eigenvalue weighted by Crippen LogP contribution is -2.39. The number of ether oxygens (including phenoxy) is 1. The molecule has 3 N–H and O–H groups in total. The Morgan fingerprint density at radius 1 is 1.21 bits per heavy atom. The molecule has 0 saturated carbocycles. The molecule has 8 heteroatoms. The lowest BCUT2D eigenvalue weighted by atomic mass is 10.3. The van der Waals surface area contributed by atoms with Gasteiger partial charge in [-0.3, -0.25) is 9.79 Å². The van der Waals surface area contributed by atoms with Gasteiger partial charge in [0.05, 0.1) is 0 Å². The van der Waals surface area contributed by atoms with Gasteiger partial charge in [0.15, 0.2) is 5.96 Å². The van der Waals surface area contributed by atoms with E-state index in [4.69, 9.17) is 4.74 Å². The second-order valence-electron chi connectivity index (χ2n) is 4.78. The zero-order valence-electron chi connectivity index (χ0n) is 14.1. The van der Waals surface area contributed by atoms with Crippen LogP contribution in [0.4, 0.5) is 5.69 Å². The molecule has 0 unspecified atom stereocenters. The zero-order valence-corrected chi connectivity index (χ0v) is 18.0. The molecule has 0 aromatic heterocycles. The van der Waals surface area contributed by atoms with Gasteiger partial charge < -0.3 is 20.7 Å². The number of hydrogen-bond donors (Lipinski definition) is 3. The third kappa shape index (κ3) is 10.8. The van der Waals surface area contributed by atoms with Crippen molar-refractivity contribution in [3.63, 3.8) is 0 Å². The Morgan fingerprint density at radius 2 is 1.88 bits per heavy atom. The van der Waals surface area contributed by atoms with Crippen molar-refractivity contribution in [2.24, 2.45) is 4.99 Å². The highest BCUT2D eigenvalue weighted by Crippen LogP contribution is 2.14. The largest absolute Gasteiger partial charge is 0.382 e. The third-order valence-corrected chi connectivity index (χ3v) is 3.49. The predicted octanol–water partition coefficient (Wildman–Crippen LogP) is 2.99. The quantitative estimate of drug-likeness (QED) is 0.206. The normalized spacial score (nSPS) is 10.7. The molecule has 24 heavy (non-hydrogen) atoms. The molecule has 0 saturated heterocycles. The molecule has 1 amide bonds. The summed E-state index contributed by atoms with van der Waals surface area (Å²) in [4.78, 5) is 16.0. The van der Waals surface area contributed by atoms with Gasteiger partial charge in [-0.25, -0.2) is 0 Å². The molecule has 1 rings (SSSR count). The van der Waals surface area contributed by atoms with Crippen LogP contribution in [0.3, 0.4) is 0 Å². The van der Waals surface area contributed by atoms with Gasteiger partial charge in [0.1, 0.15) is 0 Å². The molecule has 0 heterocycles. The third-order valence-electron chi connectivity index (χ3n) is 2.96. The van der Waals surface area contributed by atoms with Crippen LogP contribution in [0.15, 0.2) is 33.7 Å². The van der Waals surface area contributed by atoms with Crippen molar-refractivity contribution in [2.75, 3.05) is 38.7 Å². The van der Waals surface area contributed by atoms with E-state index in [0.29, 0.717) is 18.9 Å². The van der Waals surface area contributed by atoms with Crippen LogP contribution >= 0.6 is 39.9 Å². The molecule has 1 aromatic rings. The number of anilines is 1. The number of nitrogens with zero attached hydrogens (tertiary/aromatic N) is 1. The number of carbonyl (C=O) groups is 1. The average Bonchev–Trinajstić information content (AvgIpc) is 2.55. The number of carbonyl (C=O) groups excluding carboxylic acids is 1. The van der Waals surface area contributed by atoms with E-state index >= 15 is 0 Å². The molecule has 0 radical (unpaired) electrons. The van der Waals surface area contributed by atoms with Crippen molar-refractivity contribution in [3.8, 4) is 0 Å². The van der Waals surface area contributed by atoms with Gasteiger partial charge in [0.2, 0.25) is 5.91 Å². The SMILES string of the molecule is CCOCCCNC(=NC)NCCC(=O)Nc1ccc(Br)cc1.I. The van der Waals surface area contributed by atoms with Crippen LogP contribution in [0, 0.1) is 0 Å². The summed E-state index contributed by atoms with van der Waals surface area (Å²) in [5.41, 5.74) is 0.789. The maximum Gasteiger partial charge on any atom is 0.226 e. The minimum Gasteiger partial charge on any atom is -0.382 e. The Kier molecular flexibility index (Phi) is 13.9. The number of guanidine groups is 1. The monoisotopic (exact) mass is 512 g/mol. The number of aliphatic imine (C=N–C) groups is 1. The molecule has 0 atom stereocenters. The molecule has 136 valence electrons. The number of nitrogens with one attached hydrogen (secondary N) is 3. The summed E-state index contributed by atoms with van der Waals surface area (Å²) in [7, 11) is 1.71. The van der Waals surface area contributed by atoms with Gasteiger partial charge in [-0.1, -0.05) is 15.9 Å². The summed E-state index contributed by atoms with van der Waals surface area (Å²) in [5, 5.41) is 9.15. The van der Waals surface area contributed by atoms with Crippen LogP contribution in [0.1, 0.15) is 19.8 Å². The second-order valence-corrected chi connectivity index (χ2v) is 5.70. The molecular weight excluding hydrogens is 487 g/mol. The van der Waals surface area contributed by atoms with Crippen LogP contribution in [-0.2, 0) is 9.53 Å². The van der Waals surface area contributed by atoms with Crippen LogP contribution in [0.2, 0.25) is 0 Å². The topological polar surface area (TPSA) is 74.8 Å². The van der Waals surface area contributed by atoms with Crippen LogP contribution in [-0.4, -0.2) is 45.2 Å². The molecule has 0 spiro atoms. The molecule has 0 bridgehead atoms. The zero-order chi connectivity index (χ0) is 16.9. The fourth-order valence-corrected chi connectivity index (χ4v) is 2.06. The van der Waals surface area contributed by atoms with Crippen molar-refractivity contribution < 1.29 is 9.53 Å². The van der Waals surface area contributed by atoms with E-state index in [9.17, 15) is 4.79 Å². The minimum absolute atomic E-state index is 0. The molecule has 0 aliphatic heterocycles. The summed E-state index contributed by atoms with van der Waals surface area (Å²) >= 11 is 3.36. The van der Waals surface area contributed by atoms with Crippen LogP contribution < -0.4 is 16.0 Å². The lowest BCUT2D eigenvalue weighted by molar-refractivity contribution is -0.116. The first kappa shape index (κ1) is 23.1. The standard InChI is InChI=1S/C16H25BrN4O2.HI/c1-3-23-12-4-10-19-16(18-2)20-11-9-15(22)21-14-7-5-13(17)6-8-14;/h5-8H,3-4,9-12H2,1-2H3,(H,21,22)(H2,18,19,20);1H. The van der Waals surface area contributed by atoms with Crippen molar-refractivity contribution in [3.05, 3.63) is 28.7 Å². The van der Waals surface area contributed by atoms with Crippen molar-refractivity contribution in [1.29, 1.82) is 0 Å². The average molecular weight is 513 g/mol. The highest BCUT2D eigenvalue weighted by molar-refractivity contribution is 14.0. The molecule has 0 fully saturated rings. The Hall–Kier alpha value is -0.870. The first-order chi connectivity index (χ1) is 11.2. The van der Waals surface area contributed by atoms with E-state index < -0.39 is 0 Å². The summed E-state index contributed by atoms with van der Waals surface area (Å²) < 4.78 is 6.25. The number of rotatable bonds is 9. The van der Waals surface area contributed by atoms with Gasteiger partial charge >= 0.3 is 0 Å². The highest BCUT2D eigenvalue weighted by Gasteiger charge is 2.03. The molecule has 6 nitrogen and oxygen atoms in total. The van der Waals surface area contributed by atoms with E-state index in [-0.39, 0.29) is 29.9 Å². The van der Waals surface area contributed by atoms with E-state index in [2.05, 4.69) is 36.9 Å². The molecule has 0 aliphatic carbocycles. The fourth-order valence-electron chi connectivity index (χ4n) is 1.80. The smallest absolute Gasteiger partial charge is 0.226 e. The van der Waals surface area contributed by atoms with Crippen LogP contribution in [0.25, 0.3) is 0 Å². The summed E-state index contributed by atoms with van der Waals surface area (Å²) in [6, 6.07) is 7.49. The maximum atomic E-state index is 11.9. The van der Waals surface area contributed by atoms with E-state index in [1.54, 1.807) is 7.05 Å². The van der Waals surface area contributed by atoms with E-state index in [1.807, 2.05) is 31.2 Å². The number of amides is 1. The van der Waals surface area contributed by atoms with E-state index in [1.165, 1.54) is 0 Å². The van der Waals surface area contributed by atoms with Gasteiger partial charge in [-0.15, -0.1) is 24.0 Å². The molecular formula is C16H26BrIN4O2. The van der Waals surface area contributed by atoms with Gasteiger partial charge in [-0.05, 0) is 37.6 Å². The van der Waals surface area contributed by atoms with E-state index in [0.717, 1.165) is 36.3 Å². The van der Waals surface area contributed by atoms with Crippen molar-refractivity contribution in [1.82, 2.24) is 10.6 Å². The van der Waals surface area contributed by atoms with Crippen molar-refractivity contribution in [2.45, 2.75) is 19.8 Å².